The summed E-state index contributed by atoms with van der Waals surface area (Å²) in [5.74, 6) is 0. The summed E-state index contributed by atoms with van der Waals surface area (Å²) in [6.45, 7) is -1.90. The van der Waals surface area contributed by atoms with Crippen LogP contribution in [-0.4, -0.2) is 20.3 Å². The summed E-state index contributed by atoms with van der Waals surface area (Å²) in [6.07, 6.45) is 0. The average Bonchev–Trinajstić information content (AvgIpc) is 1.66. The Morgan fingerprint density at radius 2 is 2.00 bits per heavy atom. The SMILES string of the molecule is COCCO[C](F)F. The van der Waals surface area contributed by atoms with Crippen molar-refractivity contribution in [3.05, 3.63) is 6.61 Å². The third-order valence-electron chi connectivity index (χ3n) is 0.499. The van der Waals surface area contributed by atoms with Gasteiger partial charge in [-0.2, -0.15) is 8.78 Å². The first-order chi connectivity index (χ1) is 3.77. The monoisotopic (exact) mass is 125 g/mol. The summed E-state index contributed by atoms with van der Waals surface area (Å²) in [5, 5.41) is 0. The van der Waals surface area contributed by atoms with Gasteiger partial charge in [-0.15, -0.1) is 0 Å². The molecule has 0 N–H and O–H groups in total. The summed E-state index contributed by atoms with van der Waals surface area (Å²) in [4.78, 5) is 0. The molecular formula is C4H7F2O2. The first-order valence-corrected chi connectivity index (χ1v) is 2.07. The minimum atomic E-state index is -2.01. The van der Waals surface area contributed by atoms with Crippen LogP contribution in [0.5, 0.6) is 0 Å². The van der Waals surface area contributed by atoms with E-state index in [-0.39, 0.29) is 13.2 Å². The lowest BCUT2D eigenvalue weighted by Gasteiger charge is -1.96. The Bertz CT molecular complexity index is 49.3. The Morgan fingerprint density at radius 1 is 1.38 bits per heavy atom. The van der Waals surface area contributed by atoms with Gasteiger partial charge in [-0.05, 0) is 0 Å². The second kappa shape index (κ2) is 4.93. The lowest BCUT2D eigenvalue weighted by atomic mass is 10.8. The van der Waals surface area contributed by atoms with Gasteiger partial charge in [0.1, 0.15) is 0 Å². The summed E-state index contributed by atoms with van der Waals surface area (Å²) < 4.78 is 30.2. The molecule has 0 aromatic carbocycles. The van der Waals surface area contributed by atoms with E-state index in [0.717, 1.165) is 0 Å². The highest BCUT2D eigenvalue weighted by Gasteiger charge is 2.02. The molecule has 0 saturated carbocycles. The van der Waals surface area contributed by atoms with Crippen LogP contribution >= 0.6 is 0 Å². The molecule has 0 bridgehead atoms. The van der Waals surface area contributed by atoms with E-state index in [9.17, 15) is 8.78 Å². The number of methoxy groups -OCH3 is 1. The van der Waals surface area contributed by atoms with Crippen LogP contribution in [0.3, 0.4) is 0 Å². The number of hydrogen-bond donors (Lipinski definition) is 0. The number of rotatable bonds is 4. The smallest absolute Gasteiger partial charge is 0.382 e. The molecule has 0 amide bonds. The Hall–Kier alpha value is -0.220. The molecule has 0 aliphatic rings. The maximum absolute atomic E-state index is 11.0. The van der Waals surface area contributed by atoms with E-state index in [0.29, 0.717) is 0 Å². The Kier molecular flexibility index (Phi) is 4.79. The molecule has 0 atom stereocenters. The summed E-state index contributed by atoms with van der Waals surface area (Å²) in [7, 11) is 1.42. The lowest BCUT2D eigenvalue weighted by Crippen LogP contribution is -2.00. The van der Waals surface area contributed by atoms with Gasteiger partial charge < -0.3 is 9.47 Å². The molecule has 0 fully saturated rings. The minimum Gasteiger partial charge on any atom is -0.382 e. The van der Waals surface area contributed by atoms with E-state index in [1.165, 1.54) is 7.11 Å². The molecule has 0 aromatic rings. The fourth-order valence-electron chi connectivity index (χ4n) is 0.202. The van der Waals surface area contributed by atoms with Gasteiger partial charge in [0.2, 0.25) is 0 Å². The molecule has 49 valence electrons. The first kappa shape index (κ1) is 7.78. The molecule has 2 nitrogen and oxygen atoms in total. The van der Waals surface area contributed by atoms with Crippen molar-refractivity contribution >= 4 is 0 Å². The van der Waals surface area contributed by atoms with E-state index in [2.05, 4.69) is 9.47 Å². The highest BCUT2D eigenvalue weighted by atomic mass is 19.3. The van der Waals surface area contributed by atoms with Gasteiger partial charge in [0, 0.05) is 7.11 Å². The standard InChI is InChI=1S/C4H7F2O2/c1-7-2-3-8-4(5)6/h2-3H2,1H3. The summed E-state index contributed by atoms with van der Waals surface area (Å²) in [6, 6.07) is 0. The van der Waals surface area contributed by atoms with Gasteiger partial charge in [-0.1, -0.05) is 0 Å². The molecule has 8 heavy (non-hydrogen) atoms. The molecule has 0 aliphatic carbocycles. The number of ether oxygens (including phenoxy) is 2. The van der Waals surface area contributed by atoms with Gasteiger partial charge in [0.05, 0.1) is 13.2 Å². The largest absolute Gasteiger partial charge is 0.448 e. The molecule has 0 unspecified atom stereocenters. The lowest BCUT2D eigenvalue weighted by molar-refractivity contribution is -0.0371. The van der Waals surface area contributed by atoms with Crippen molar-refractivity contribution < 1.29 is 18.3 Å². The Labute approximate surface area is 46.4 Å². The first-order valence-electron chi connectivity index (χ1n) is 2.07. The van der Waals surface area contributed by atoms with Crippen molar-refractivity contribution in [2.24, 2.45) is 0 Å². The van der Waals surface area contributed by atoms with E-state index in [1.807, 2.05) is 0 Å². The predicted molar refractivity (Wildman–Crippen MR) is 23.3 cm³/mol. The molecule has 0 rings (SSSR count). The molecule has 0 heterocycles. The van der Waals surface area contributed by atoms with Gasteiger partial charge in [-0.25, -0.2) is 0 Å². The van der Waals surface area contributed by atoms with Gasteiger partial charge in [0.15, 0.2) is 0 Å². The van der Waals surface area contributed by atoms with E-state index in [4.69, 9.17) is 0 Å². The highest BCUT2D eigenvalue weighted by Crippen LogP contribution is 2.02. The molecule has 0 saturated heterocycles. The normalized spacial score (nSPS) is 10.5. The maximum Gasteiger partial charge on any atom is 0.448 e. The third kappa shape index (κ3) is 5.78. The number of halogens is 2. The topological polar surface area (TPSA) is 18.5 Å². The minimum absolute atomic E-state index is 0.0845. The third-order valence-corrected chi connectivity index (χ3v) is 0.499. The Balaban J connectivity index is 2.72. The van der Waals surface area contributed by atoms with Crippen LogP contribution in [0, 0.1) is 6.61 Å². The zero-order valence-electron chi connectivity index (χ0n) is 4.49. The van der Waals surface area contributed by atoms with Crippen molar-refractivity contribution in [2.75, 3.05) is 20.3 Å². The molecule has 0 aromatic heterocycles. The van der Waals surface area contributed by atoms with Gasteiger partial charge >= 0.3 is 6.61 Å². The Morgan fingerprint density at radius 3 is 2.38 bits per heavy atom. The summed E-state index contributed by atoms with van der Waals surface area (Å²) in [5.41, 5.74) is 0. The van der Waals surface area contributed by atoms with E-state index < -0.39 is 6.61 Å². The van der Waals surface area contributed by atoms with Crippen molar-refractivity contribution in [2.45, 2.75) is 0 Å². The van der Waals surface area contributed by atoms with E-state index in [1.54, 1.807) is 0 Å². The second-order valence-electron chi connectivity index (χ2n) is 1.07. The van der Waals surface area contributed by atoms with Gasteiger partial charge in [0.25, 0.3) is 0 Å². The second-order valence-corrected chi connectivity index (χ2v) is 1.07. The van der Waals surface area contributed by atoms with Crippen LogP contribution in [0.25, 0.3) is 0 Å². The quantitative estimate of drug-likeness (QED) is 0.522. The fourth-order valence-corrected chi connectivity index (χ4v) is 0.202. The van der Waals surface area contributed by atoms with Crippen LogP contribution in [0.2, 0.25) is 0 Å². The van der Waals surface area contributed by atoms with Crippen molar-refractivity contribution in [1.82, 2.24) is 0 Å². The number of hydrogen-bond acceptors (Lipinski definition) is 2. The molecule has 0 aliphatic heterocycles. The maximum atomic E-state index is 11.0. The van der Waals surface area contributed by atoms with Crippen LogP contribution in [0.15, 0.2) is 0 Å². The van der Waals surface area contributed by atoms with Crippen molar-refractivity contribution in [1.29, 1.82) is 0 Å². The predicted octanol–water partition coefficient (Wildman–Crippen LogP) is 1.04. The van der Waals surface area contributed by atoms with Crippen LogP contribution in [-0.2, 0) is 9.47 Å². The fraction of sp³-hybridized carbons (Fsp3) is 0.750. The molecule has 4 heteroatoms. The van der Waals surface area contributed by atoms with E-state index >= 15 is 0 Å². The molecule has 0 spiro atoms. The zero-order valence-corrected chi connectivity index (χ0v) is 4.49. The van der Waals surface area contributed by atoms with Crippen molar-refractivity contribution in [3.8, 4) is 0 Å². The van der Waals surface area contributed by atoms with Crippen LogP contribution < -0.4 is 0 Å². The highest BCUT2D eigenvalue weighted by molar-refractivity contribution is 4.36. The van der Waals surface area contributed by atoms with Crippen molar-refractivity contribution in [3.63, 3.8) is 0 Å². The zero-order chi connectivity index (χ0) is 6.41. The average molecular weight is 125 g/mol. The van der Waals surface area contributed by atoms with Gasteiger partial charge in [-0.3, -0.25) is 0 Å². The molecule has 1 radical (unpaired) electrons. The van der Waals surface area contributed by atoms with Crippen LogP contribution in [0.1, 0.15) is 0 Å². The summed E-state index contributed by atoms with van der Waals surface area (Å²) >= 11 is 0. The molecular weight excluding hydrogens is 118 g/mol. The van der Waals surface area contributed by atoms with Crippen LogP contribution in [0.4, 0.5) is 8.78 Å².